The van der Waals surface area contributed by atoms with E-state index in [2.05, 4.69) is 26.5 Å². The van der Waals surface area contributed by atoms with E-state index in [-0.39, 0.29) is 11.8 Å². The predicted molar refractivity (Wildman–Crippen MR) is 130 cm³/mol. The standard InChI is InChI=1S/C26H18BrN3O2/c27-22-9-2-1-5-20(22)15-28-29-25(31)19-13-11-17(12-14-19)16-30-23-10-4-7-18-6-3-8-21(24(18)23)26(30)32/h1-15H,16H2,(H,29,31)/b28-15+. The summed E-state index contributed by atoms with van der Waals surface area (Å²) in [5.74, 6) is -0.297. The van der Waals surface area contributed by atoms with E-state index < -0.39 is 0 Å². The van der Waals surface area contributed by atoms with Gasteiger partial charge in [0.2, 0.25) is 0 Å². The Balaban J connectivity index is 1.29. The number of amides is 2. The Hall–Kier alpha value is -3.77. The van der Waals surface area contributed by atoms with Gasteiger partial charge in [-0.25, -0.2) is 5.43 Å². The molecule has 2 amide bonds. The lowest BCUT2D eigenvalue weighted by atomic mass is 10.1. The predicted octanol–water partition coefficient (Wildman–Crippen LogP) is 5.53. The lowest BCUT2D eigenvalue weighted by Crippen LogP contribution is -2.26. The number of benzene rings is 4. The van der Waals surface area contributed by atoms with Crippen LogP contribution in [0, 0.1) is 0 Å². The first kappa shape index (κ1) is 20.2. The summed E-state index contributed by atoms with van der Waals surface area (Å²) in [5.41, 5.74) is 6.51. The summed E-state index contributed by atoms with van der Waals surface area (Å²) in [6.45, 7) is 0.439. The molecule has 0 spiro atoms. The van der Waals surface area contributed by atoms with Crippen LogP contribution in [0.2, 0.25) is 0 Å². The molecule has 5 rings (SSSR count). The normalized spacial score (nSPS) is 12.7. The fraction of sp³-hybridized carbons (Fsp3) is 0.0385. The van der Waals surface area contributed by atoms with Gasteiger partial charge in [-0.05, 0) is 41.3 Å². The van der Waals surface area contributed by atoms with Crippen LogP contribution in [0.3, 0.4) is 0 Å². The Kier molecular flexibility index (Phi) is 5.29. The molecule has 0 fully saturated rings. The van der Waals surface area contributed by atoms with E-state index in [1.54, 1.807) is 23.2 Å². The molecule has 5 nitrogen and oxygen atoms in total. The Labute approximate surface area is 193 Å². The molecule has 32 heavy (non-hydrogen) atoms. The molecule has 156 valence electrons. The molecule has 0 radical (unpaired) electrons. The molecule has 1 N–H and O–H groups in total. The second-order valence-electron chi connectivity index (χ2n) is 7.49. The molecule has 0 aromatic heterocycles. The molecule has 1 aliphatic heterocycles. The van der Waals surface area contributed by atoms with Crippen LogP contribution in [-0.4, -0.2) is 18.0 Å². The maximum absolute atomic E-state index is 13.0. The zero-order valence-electron chi connectivity index (χ0n) is 17.0. The van der Waals surface area contributed by atoms with Gasteiger partial charge in [0.1, 0.15) is 0 Å². The quantitative estimate of drug-likeness (QED) is 0.299. The Morgan fingerprint density at radius 1 is 0.938 bits per heavy atom. The first-order valence-electron chi connectivity index (χ1n) is 10.1. The number of rotatable bonds is 5. The van der Waals surface area contributed by atoms with Crippen LogP contribution >= 0.6 is 15.9 Å². The Bertz CT molecular complexity index is 1370. The van der Waals surface area contributed by atoms with E-state index >= 15 is 0 Å². The molecule has 1 aliphatic rings. The van der Waals surface area contributed by atoms with Crippen molar-refractivity contribution in [1.82, 2.24) is 5.43 Å². The summed E-state index contributed by atoms with van der Waals surface area (Å²) in [7, 11) is 0. The highest BCUT2D eigenvalue weighted by Crippen LogP contribution is 2.37. The third-order valence-corrected chi connectivity index (χ3v) is 6.20. The van der Waals surface area contributed by atoms with Crippen molar-refractivity contribution in [3.8, 4) is 0 Å². The molecule has 0 atom stereocenters. The molecule has 0 unspecified atom stereocenters. The number of halogens is 1. The third-order valence-electron chi connectivity index (χ3n) is 5.48. The van der Waals surface area contributed by atoms with Crippen LogP contribution in [0.15, 0.2) is 94.5 Å². The Morgan fingerprint density at radius 2 is 1.69 bits per heavy atom. The molecule has 4 aromatic rings. The Morgan fingerprint density at radius 3 is 2.47 bits per heavy atom. The van der Waals surface area contributed by atoms with E-state index in [4.69, 9.17) is 0 Å². The van der Waals surface area contributed by atoms with Crippen molar-refractivity contribution in [3.63, 3.8) is 0 Å². The van der Waals surface area contributed by atoms with Crippen LogP contribution in [0.25, 0.3) is 10.8 Å². The number of hydrazone groups is 1. The molecule has 4 aromatic carbocycles. The maximum Gasteiger partial charge on any atom is 0.271 e. The summed E-state index contributed by atoms with van der Waals surface area (Å²) in [6.07, 6.45) is 1.59. The maximum atomic E-state index is 13.0. The summed E-state index contributed by atoms with van der Waals surface area (Å²) in [6, 6.07) is 26.6. The van der Waals surface area contributed by atoms with Crippen molar-refractivity contribution in [3.05, 3.63) is 112 Å². The van der Waals surface area contributed by atoms with Crippen LogP contribution in [0.1, 0.15) is 31.8 Å². The smallest absolute Gasteiger partial charge is 0.271 e. The van der Waals surface area contributed by atoms with Crippen molar-refractivity contribution in [2.24, 2.45) is 5.10 Å². The van der Waals surface area contributed by atoms with Gasteiger partial charge < -0.3 is 4.90 Å². The molecule has 0 aliphatic carbocycles. The number of anilines is 1. The van der Waals surface area contributed by atoms with Crippen molar-refractivity contribution in [1.29, 1.82) is 0 Å². The minimum absolute atomic E-state index is 0.0000273. The van der Waals surface area contributed by atoms with Gasteiger partial charge in [0.15, 0.2) is 0 Å². The molecule has 6 heteroatoms. The van der Waals surface area contributed by atoms with Gasteiger partial charge in [-0.2, -0.15) is 5.10 Å². The van der Waals surface area contributed by atoms with Crippen LogP contribution < -0.4 is 10.3 Å². The van der Waals surface area contributed by atoms with Gasteiger partial charge >= 0.3 is 0 Å². The summed E-state index contributed by atoms with van der Waals surface area (Å²) in [4.78, 5) is 27.1. The number of nitrogens with one attached hydrogen (secondary N) is 1. The first-order chi connectivity index (χ1) is 15.6. The average molecular weight is 484 g/mol. The zero-order chi connectivity index (χ0) is 22.1. The zero-order valence-corrected chi connectivity index (χ0v) is 18.5. The lowest BCUT2D eigenvalue weighted by molar-refractivity contribution is 0.0953. The highest BCUT2D eigenvalue weighted by molar-refractivity contribution is 9.10. The number of nitrogens with zero attached hydrogens (tertiary/aromatic N) is 2. The largest absolute Gasteiger partial charge is 0.303 e. The fourth-order valence-electron chi connectivity index (χ4n) is 3.89. The van der Waals surface area contributed by atoms with E-state index in [0.717, 1.165) is 37.6 Å². The highest BCUT2D eigenvalue weighted by atomic mass is 79.9. The summed E-state index contributed by atoms with van der Waals surface area (Å²) < 4.78 is 0.900. The highest BCUT2D eigenvalue weighted by Gasteiger charge is 2.29. The summed E-state index contributed by atoms with van der Waals surface area (Å²) in [5, 5.41) is 6.09. The lowest BCUT2D eigenvalue weighted by Gasteiger charge is -2.18. The second-order valence-corrected chi connectivity index (χ2v) is 8.34. The molecule has 0 saturated carbocycles. The van der Waals surface area contributed by atoms with Crippen molar-refractivity contribution >= 4 is 50.4 Å². The number of carbonyl (C=O) groups is 2. The van der Waals surface area contributed by atoms with Gasteiger partial charge in [-0.1, -0.05) is 70.5 Å². The monoisotopic (exact) mass is 483 g/mol. The van der Waals surface area contributed by atoms with Gasteiger partial charge in [0, 0.05) is 26.5 Å². The van der Waals surface area contributed by atoms with E-state index in [0.29, 0.717) is 12.1 Å². The third kappa shape index (κ3) is 3.69. The SMILES string of the molecule is O=C(N/N=C/c1ccccc1Br)c1ccc(CN2C(=O)c3cccc4cccc2c34)cc1. The fourth-order valence-corrected chi connectivity index (χ4v) is 4.27. The van der Waals surface area contributed by atoms with E-state index in [1.807, 2.05) is 72.8 Å². The van der Waals surface area contributed by atoms with Gasteiger partial charge in [-0.15, -0.1) is 0 Å². The minimum Gasteiger partial charge on any atom is -0.303 e. The summed E-state index contributed by atoms with van der Waals surface area (Å²) >= 11 is 3.44. The van der Waals surface area contributed by atoms with Crippen LogP contribution in [0.4, 0.5) is 5.69 Å². The van der Waals surface area contributed by atoms with E-state index in [1.165, 1.54) is 0 Å². The van der Waals surface area contributed by atoms with Gasteiger partial charge in [0.05, 0.1) is 18.4 Å². The van der Waals surface area contributed by atoms with Gasteiger partial charge in [0.25, 0.3) is 11.8 Å². The van der Waals surface area contributed by atoms with Crippen LogP contribution in [0.5, 0.6) is 0 Å². The molecule has 0 saturated heterocycles. The van der Waals surface area contributed by atoms with Crippen molar-refractivity contribution in [2.45, 2.75) is 6.54 Å². The number of carbonyl (C=O) groups excluding carboxylic acids is 2. The van der Waals surface area contributed by atoms with Crippen molar-refractivity contribution in [2.75, 3.05) is 4.90 Å². The van der Waals surface area contributed by atoms with Gasteiger partial charge in [-0.3, -0.25) is 9.59 Å². The molecule has 1 heterocycles. The minimum atomic E-state index is -0.297. The van der Waals surface area contributed by atoms with E-state index in [9.17, 15) is 9.59 Å². The first-order valence-corrected chi connectivity index (χ1v) is 10.9. The number of hydrogen-bond donors (Lipinski definition) is 1. The molecule has 0 bridgehead atoms. The molecular formula is C26H18BrN3O2. The number of hydrogen-bond acceptors (Lipinski definition) is 3. The van der Waals surface area contributed by atoms with Crippen LogP contribution in [-0.2, 0) is 6.54 Å². The topological polar surface area (TPSA) is 61.8 Å². The van der Waals surface area contributed by atoms with Crippen molar-refractivity contribution < 1.29 is 9.59 Å². The average Bonchev–Trinajstić information content (AvgIpc) is 3.09. The second kappa shape index (κ2) is 8.40. The molecular weight excluding hydrogens is 466 g/mol.